The largest absolute Gasteiger partial charge is 0.493 e. The first kappa shape index (κ1) is 25.1. The van der Waals surface area contributed by atoms with Crippen LogP contribution in [0.1, 0.15) is 39.8 Å². The molecule has 11 nitrogen and oxygen atoms in total. The van der Waals surface area contributed by atoms with Gasteiger partial charge < -0.3 is 9.47 Å². The van der Waals surface area contributed by atoms with Crippen LogP contribution in [0.5, 0.6) is 11.5 Å². The fourth-order valence-corrected chi connectivity index (χ4v) is 3.40. The third-order valence-corrected chi connectivity index (χ3v) is 5.21. The zero-order valence-corrected chi connectivity index (χ0v) is 20.0. The number of hydrazone groups is 1. The number of hydrogen-bond donors (Lipinski definition) is 1. The standard InChI is InChI=1S/C24H25N5O6/c1-14-7-6-8-19(11-14)24(31)35-20-10-9-18(12-21(20)34-5)15(2)25-26-22(30)13-28-17(4)23(29(32)33)16(3)27-28/h6-12H,13H2,1-5H3,(H,26,30)/b25-15+. The number of nitrogens with one attached hydrogen (secondary N) is 1. The zero-order chi connectivity index (χ0) is 25.7. The van der Waals surface area contributed by atoms with Crippen molar-refractivity contribution in [3.63, 3.8) is 0 Å². The van der Waals surface area contributed by atoms with Crippen LogP contribution in [0.4, 0.5) is 5.69 Å². The van der Waals surface area contributed by atoms with Gasteiger partial charge in [-0.3, -0.25) is 19.6 Å². The SMILES string of the molecule is COc1cc(/C(C)=N/NC(=O)Cn2nc(C)c([N+](=O)[O-])c2C)ccc1OC(=O)c1cccc(C)c1. The maximum Gasteiger partial charge on any atom is 0.343 e. The highest BCUT2D eigenvalue weighted by Crippen LogP contribution is 2.29. The minimum Gasteiger partial charge on any atom is -0.493 e. The Bertz CT molecular complexity index is 1330. The Morgan fingerprint density at radius 1 is 1.11 bits per heavy atom. The van der Waals surface area contributed by atoms with Gasteiger partial charge in [-0.1, -0.05) is 17.7 Å². The molecule has 0 radical (unpaired) electrons. The minimum atomic E-state index is -0.524. The van der Waals surface area contributed by atoms with E-state index in [2.05, 4.69) is 15.6 Å². The predicted octanol–water partition coefficient (Wildman–Crippen LogP) is 3.48. The van der Waals surface area contributed by atoms with Gasteiger partial charge in [-0.15, -0.1) is 0 Å². The summed E-state index contributed by atoms with van der Waals surface area (Å²) in [6.07, 6.45) is 0. The molecule has 1 heterocycles. The van der Waals surface area contributed by atoms with Crippen LogP contribution >= 0.6 is 0 Å². The van der Waals surface area contributed by atoms with Gasteiger partial charge in [-0.25, -0.2) is 10.2 Å². The minimum absolute atomic E-state index is 0.118. The lowest BCUT2D eigenvalue weighted by atomic mass is 10.1. The number of nitrogens with zero attached hydrogens (tertiary/aromatic N) is 4. The molecule has 0 atom stereocenters. The number of ether oxygens (including phenoxy) is 2. The summed E-state index contributed by atoms with van der Waals surface area (Å²) in [5, 5.41) is 19.3. The van der Waals surface area contributed by atoms with Gasteiger partial charge >= 0.3 is 11.7 Å². The Hall–Kier alpha value is -4.54. The molecule has 182 valence electrons. The topological polar surface area (TPSA) is 138 Å². The lowest BCUT2D eigenvalue weighted by Gasteiger charge is -2.11. The molecular formula is C24H25N5O6. The molecule has 0 aliphatic heterocycles. The molecule has 0 spiro atoms. The molecule has 0 saturated carbocycles. The fraction of sp³-hybridized carbons (Fsp3) is 0.250. The van der Waals surface area contributed by atoms with Gasteiger partial charge in [0.2, 0.25) is 0 Å². The molecule has 3 rings (SSSR count). The maximum absolute atomic E-state index is 12.5. The molecular weight excluding hydrogens is 454 g/mol. The highest BCUT2D eigenvalue weighted by Gasteiger charge is 2.22. The molecule has 0 aliphatic rings. The predicted molar refractivity (Wildman–Crippen MR) is 128 cm³/mol. The molecule has 0 fully saturated rings. The Balaban J connectivity index is 1.70. The van der Waals surface area contributed by atoms with E-state index in [1.807, 2.05) is 13.0 Å². The number of amides is 1. The summed E-state index contributed by atoms with van der Waals surface area (Å²) in [6.45, 7) is 6.38. The van der Waals surface area contributed by atoms with Gasteiger partial charge in [0.15, 0.2) is 11.5 Å². The number of rotatable bonds is 8. The number of esters is 1. The number of nitro groups is 1. The van der Waals surface area contributed by atoms with Gasteiger partial charge in [0, 0.05) is 5.56 Å². The highest BCUT2D eigenvalue weighted by molar-refractivity contribution is 6.00. The lowest BCUT2D eigenvalue weighted by molar-refractivity contribution is -0.386. The highest BCUT2D eigenvalue weighted by atomic mass is 16.6. The van der Waals surface area contributed by atoms with Gasteiger partial charge in [0.05, 0.1) is 23.3 Å². The number of benzene rings is 2. The summed E-state index contributed by atoms with van der Waals surface area (Å²) in [5.41, 5.74) is 5.26. The van der Waals surface area contributed by atoms with Crippen LogP contribution in [0.15, 0.2) is 47.6 Å². The van der Waals surface area contributed by atoms with Gasteiger partial charge in [-0.05, 0) is 58.0 Å². The molecule has 3 aromatic rings. The number of aromatic nitrogens is 2. The quantitative estimate of drug-likeness (QED) is 0.172. The third kappa shape index (κ3) is 5.88. The number of carbonyl (C=O) groups excluding carboxylic acids is 2. The van der Waals surface area contributed by atoms with E-state index in [-0.39, 0.29) is 29.4 Å². The van der Waals surface area contributed by atoms with E-state index >= 15 is 0 Å². The first-order valence-corrected chi connectivity index (χ1v) is 10.6. The van der Waals surface area contributed by atoms with Crippen LogP contribution in [0.25, 0.3) is 0 Å². The molecule has 1 aromatic heterocycles. The number of carbonyl (C=O) groups is 2. The van der Waals surface area contributed by atoms with Crippen molar-refractivity contribution in [1.29, 1.82) is 0 Å². The second-order valence-electron chi connectivity index (χ2n) is 7.79. The van der Waals surface area contributed by atoms with Gasteiger partial charge in [0.1, 0.15) is 17.9 Å². The number of aryl methyl sites for hydroxylation is 2. The van der Waals surface area contributed by atoms with Crippen LogP contribution < -0.4 is 14.9 Å². The van der Waals surface area contributed by atoms with Crippen molar-refractivity contribution < 1.29 is 24.0 Å². The van der Waals surface area contributed by atoms with Crippen LogP contribution in [0, 0.1) is 30.9 Å². The molecule has 0 saturated heterocycles. The van der Waals surface area contributed by atoms with Crippen molar-refractivity contribution in [2.75, 3.05) is 7.11 Å². The molecule has 1 N–H and O–H groups in total. The molecule has 2 aromatic carbocycles. The van der Waals surface area contributed by atoms with Gasteiger partial charge in [0.25, 0.3) is 5.91 Å². The summed E-state index contributed by atoms with van der Waals surface area (Å²) in [7, 11) is 1.45. The molecule has 0 unspecified atom stereocenters. The van der Waals surface area contributed by atoms with Gasteiger partial charge in [-0.2, -0.15) is 10.2 Å². The maximum atomic E-state index is 12.5. The van der Waals surface area contributed by atoms with E-state index in [4.69, 9.17) is 9.47 Å². The first-order chi connectivity index (χ1) is 16.6. The van der Waals surface area contributed by atoms with E-state index < -0.39 is 16.8 Å². The molecule has 0 bridgehead atoms. The van der Waals surface area contributed by atoms with Crippen molar-refractivity contribution >= 4 is 23.3 Å². The van der Waals surface area contributed by atoms with Crippen molar-refractivity contribution in [3.05, 3.63) is 80.7 Å². The third-order valence-electron chi connectivity index (χ3n) is 5.21. The summed E-state index contributed by atoms with van der Waals surface area (Å²) >= 11 is 0. The second kappa shape index (κ2) is 10.6. The number of methoxy groups -OCH3 is 1. The zero-order valence-electron chi connectivity index (χ0n) is 20.0. The Kier molecular flexibility index (Phi) is 7.59. The van der Waals surface area contributed by atoms with Crippen molar-refractivity contribution in [1.82, 2.24) is 15.2 Å². The average molecular weight is 479 g/mol. The van der Waals surface area contributed by atoms with Crippen LogP contribution in [0.3, 0.4) is 0 Å². The van der Waals surface area contributed by atoms with E-state index in [9.17, 15) is 19.7 Å². The number of hydrogen-bond acceptors (Lipinski definition) is 8. The monoisotopic (exact) mass is 479 g/mol. The van der Waals surface area contributed by atoms with E-state index in [1.54, 1.807) is 43.3 Å². The summed E-state index contributed by atoms with van der Waals surface area (Å²) in [4.78, 5) is 35.4. The Morgan fingerprint density at radius 2 is 1.86 bits per heavy atom. The molecule has 35 heavy (non-hydrogen) atoms. The van der Waals surface area contributed by atoms with E-state index in [1.165, 1.54) is 25.6 Å². The summed E-state index contributed by atoms with van der Waals surface area (Å²) in [5.74, 6) is -0.452. The van der Waals surface area contributed by atoms with E-state index in [0.717, 1.165) is 5.56 Å². The van der Waals surface area contributed by atoms with E-state index in [0.29, 0.717) is 22.6 Å². The van der Waals surface area contributed by atoms with Crippen molar-refractivity contribution in [2.24, 2.45) is 5.10 Å². The van der Waals surface area contributed by atoms with Crippen LogP contribution in [-0.4, -0.2) is 39.4 Å². The van der Waals surface area contributed by atoms with Crippen molar-refractivity contribution in [2.45, 2.75) is 34.2 Å². The lowest BCUT2D eigenvalue weighted by Crippen LogP contribution is -2.25. The molecule has 11 heteroatoms. The Morgan fingerprint density at radius 3 is 2.49 bits per heavy atom. The molecule has 1 amide bonds. The normalized spacial score (nSPS) is 11.2. The molecule has 0 aliphatic carbocycles. The average Bonchev–Trinajstić information content (AvgIpc) is 3.10. The fourth-order valence-electron chi connectivity index (χ4n) is 3.40. The summed E-state index contributed by atoms with van der Waals surface area (Å²) < 4.78 is 12.1. The first-order valence-electron chi connectivity index (χ1n) is 10.6. The van der Waals surface area contributed by atoms with Crippen molar-refractivity contribution in [3.8, 4) is 11.5 Å². The Labute approximate surface area is 201 Å². The van der Waals surface area contributed by atoms with Crippen LogP contribution in [0.2, 0.25) is 0 Å². The smallest absolute Gasteiger partial charge is 0.343 e. The van der Waals surface area contributed by atoms with Crippen LogP contribution in [-0.2, 0) is 11.3 Å². The second-order valence-corrected chi connectivity index (χ2v) is 7.79. The summed E-state index contributed by atoms with van der Waals surface area (Å²) in [6, 6.07) is 11.9.